The first-order chi connectivity index (χ1) is 7.61. The summed E-state index contributed by atoms with van der Waals surface area (Å²) in [6.07, 6.45) is 0. The van der Waals surface area contributed by atoms with Crippen LogP contribution < -0.4 is 5.32 Å². The van der Waals surface area contributed by atoms with Crippen molar-refractivity contribution in [3.05, 3.63) is 24.3 Å². The Bertz CT molecular complexity index is 335. The Hall–Kier alpha value is -1.16. The molecule has 88 valence electrons. The van der Waals surface area contributed by atoms with E-state index >= 15 is 0 Å². The third-order valence-electron chi connectivity index (χ3n) is 1.89. The van der Waals surface area contributed by atoms with E-state index in [0.717, 1.165) is 5.69 Å². The zero-order valence-corrected chi connectivity index (χ0v) is 10.6. The van der Waals surface area contributed by atoms with Gasteiger partial charge in [-0.05, 0) is 24.3 Å². The predicted molar refractivity (Wildman–Crippen MR) is 67.9 cm³/mol. The van der Waals surface area contributed by atoms with Gasteiger partial charge in [0.15, 0.2) is 0 Å². The van der Waals surface area contributed by atoms with Crippen LogP contribution in [0, 0.1) is 0 Å². The second-order valence-electron chi connectivity index (χ2n) is 3.62. The molecule has 0 fully saturated rings. The van der Waals surface area contributed by atoms with Crippen molar-refractivity contribution in [3.8, 4) is 0 Å². The van der Waals surface area contributed by atoms with E-state index < -0.39 is 0 Å². The Morgan fingerprint density at radius 3 is 2.50 bits per heavy atom. The number of methoxy groups -OCH3 is 1. The van der Waals surface area contributed by atoms with Gasteiger partial charge in [-0.25, -0.2) is 0 Å². The van der Waals surface area contributed by atoms with Gasteiger partial charge in [0, 0.05) is 15.8 Å². The van der Waals surface area contributed by atoms with Crippen molar-refractivity contribution in [1.29, 1.82) is 0 Å². The Balaban J connectivity index is 2.48. The second kappa shape index (κ2) is 6.43. The molecule has 0 aliphatic carbocycles. The van der Waals surface area contributed by atoms with E-state index in [0.29, 0.717) is 5.25 Å². The van der Waals surface area contributed by atoms with E-state index in [1.54, 1.807) is 0 Å². The monoisotopic (exact) mass is 239 g/mol. The Kier molecular flexibility index (Phi) is 5.19. The summed E-state index contributed by atoms with van der Waals surface area (Å²) in [5.41, 5.74) is 0.929. The van der Waals surface area contributed by atoms with Crippen LogP contribution in [0.1, 0.15) is 13.8 Å². The highest BCUT2D eigenvalue weighted by molar-refractivity contribution is 7.99. The maximum atomic E-state index is 10.9. The van der Waals surface area contributed by atoms with Crippen LogP contribution in [-0.4, -0.2) is 24.9 Å². The van der Waals surface area contributed by atoms with E-state index in [9.17, 15) is 4.79 Å². The molecule has 1 aromatic carbocycles. The summed E-state index contributed by atoms with van der Waals surface area (Å²) in [5.74, 6) is -0.263. The standard InChI is InChI=1S/C12H17NO2S/c1-9(2)16-11-6-4-10(5-7-11)13-8-12(14)15-3/h4-7,9,13H,8H2,1-3H3. The van der Waals surface area contributed by atoms with Gasteiger partial charge in [-0.1, -0.05) is 13.8 Å². The summed E-state index contributed by atoms with van der Waals surface area (Å²) < 4.78 is 4.54. The Morgan fingerprint density at radius 1 is 1.38 bits per heavy atom. The molecule has 0 aliphatic heterocycles. The highest BCUT2D eigenvalue weighted by Gasteiger charge is 2.01. The zero-order chi connectivity index (χ0) is 12.0. The van der Waals surface area contributed by atoms with Gasteiger partial charge in [0.25, 0.3) is 0 Å². The van der Waals surface area contributed by atoms with Gasteiger partial charge >= 0.3 is 5.97 Å². The summed E-state index contributed by atoms with van der Waals surface area (Å²) in [6, 6.07) is 8.02. The number of esters is 1. The van der Waals surface area contributed by atoms with Crippen LogP contribution in [-0.2, 0) is 9.53 Å². The summed E-state index contributed by atoms with van der Waals surface area (Å²) in [4.78, 5) is 12.1. The lowest BCUT2D eigenvalue weighted by Crippen LogP contribution is -2.14. The highest BCUT2D eigenvalue weighted by Crippen LogP contribution is 2.23. The van der Waals surface area contributed by atoms with Gasteiger partial charge in [-0.3, -0.25) is 4.79 Å². The predicted octanol–water partition coefficient (Wildman–Crippen LogP) is 2.77. The van der Waals surface area contributed by atoms with Crippen LogP contribution in [0.4, 0.5) is 5.69 Å². The number of carbonyl (C=O) groups is 1. The fourth-order valence-corrected chi connectivity index (χ4v) is 2.01. The van der Waals surface area contributed by atoms with Crippen molar-refractivity contribution in [2.75, 3.05) is 19.0 Å². The minimum atomic E-state index is -0.263. The van der Waals surface area contributed by atoms with E-state index in [4.69, 9.17) is 0 Å². The van der Waals surface area contributed by atoms with Crippen molar-refractivity contribution in [2.24, 2.45) is 0 Å². The minimum absolute atomic E-state index is 0.202. The van der Waals surface area contributed by atoms with E-state index in [1.165, 1.54) is 12.0 Å². The van der Waals surface area contributed by atoms with Crippen molar-refractivity contribution in [1.82, 2.24) is 0 Å². The first-order valence-electron chi connectivity index (χ1n) is 5.19. The van der Waals surface area contributed by atoms with Gasteiger partial charge in [-0.15, -0.1) is 11.8 Å². The fraction of sp³-hybridized carbons (Fsp3) is 0.417. The molecule has 0 saturated heterocycles. The van der Waals surface area contributed by atoms with Gasteiger partial charge in [0.05, 0.1) is 7.11 Å². The second-order valence-corrected chi connectivity index (χ2v) is 5.27. The first-order valence-corrected chi connectivity index (χ1v) is 6.07. The molecule has 3 nitrogen and oxygen atoms in total. The third kappa shape index (κ3) is 4.57. The minimum Gasteiger partial charge on any atom is -0.468 e. The highest BCUT2D eigenvalue weighted by atomic mass is 32.2. The Morgan fingerprint density at radius 2 is 2.00 bits per heavy atom. The number of benzene rings is 1. The summed E-state index contributed by atoms with van der Waals surface area (Å²) in [5, 5.41) is 3.57. The number of hydrogen-bond acceptors (Lipinski definition) is 4. The lowest BCUT2D eigenvalue weighted by Gasteiger charge is -2.07. The SMILES string of the molecule is COC(=O)CNc1ccc(SC(C)C)cc1. The summed E-state index contributed by atoms with van der Waals surface area (Å²) >= 11 is 1.82. The molecule has 0 atom stereocenters. The number of rotatable bonds is 5. The molecule has 0 aliphatic rings. The van der Waals surface area contributed by atoms with Crippen molar-refractivity contribution in [3.63, 3.8) is 0 Å². The normalized spacial score (nSPS) is 10.2. The molecular weight excluding hydrogens is 222 g/mol. The number of anilines is 1. The van der Waals surface area contributed by atoms with Gasteiger partial charge in [0.2, 0.25) is 0 Å². The van der Waals surface area contributed by atoms with Gasteiger partial charge in [-0.2, -0.15) is 0 Å². The largest absolute Gasteiger partial charge is 0.468 e. The van der Waals surface area contributed by atoms with Crippen molar-refractivity contribution < 1.29 is 9.53 Å². The number of ether oxygens (including phenoxy) is 1. The molecule has 0 spiro atoms. The van der Waals surface area contributed by atoms with E-state index in [1.807, 2.05) is 36.0 Å². The topological polar surface area (TPSA) is 38.3 Å². The third-order valence-corrected chi connectivity index (χ3v) is 2.91. The molecular formula is C12H17NO2S. The molecule has 1 rings (SSSR count). The molecule has 16 heavy (non-hydrogen) atoms. The maximum absolute atomic E-state index is 10.9. The average Bonchev–Trinajstić information content (AvgIpc) is 2.27. The lowest BCUT2D eigenvalue weighted by atomic mass is 10.3. The molecule has 0 amide bonds. The van der Waals surface area contributed by atoms with Crippen LogP contribution in [0.5, 0.6) is 0 Å². The van der Waals surface area contributed by atoms with Gasteiger partial charge in [0.1, 0.15) is 6.54 Å². The van der Waals surface area contributed by atoms with Crippen LogP contribution in [0.15, 0.2) is 29.2 Å². The van der Waals surface area contributed by atoms with Crippen LogP contribution in [0.2, 0.25) is 0 Å². The molecule has 0 bridgehead atoms. The van der Waals surface area contributed by atoms with Crippen LogP contribution in [0.25, 0.3) is 0 Å². The van der Waals surface area contributed by atoms with E-state index in [-0.39, 0.29) is 12.5 Å². The smallest absolute Gasteiger partial charge is 0.325 e. The maximum Gasteiger partial charge on any atom is 0.325 e. The molecule has 0 saturated carbocycles. The number of nitrogens with one attached hydrogen (secondary N) is 1. The number of carbonyl (C=O) groups excluding carboxylic acids is 1. The van der Waals surface area contributed by atoms with Crippen molar-refractivity contribution >= 4 is 23.4 Å². The zero-order valence-electron chi connectivity index (χ0n) is 9.82. The molecule has 0 unspecified atom stereocenters. The summed E-state index contributed by atoms with van der Waals surface area (Å²) in [7, 11) is 1.38. The Labute approximate surface area is 101 Å². The van der Waals surface area contributed by atoms with Crippen LogP contribution in [0.3, 0.4) is 0 Å². The van der Waals surface area contributed by atoms with Crippen molar-refractivity contribution in [2.45, 2.75) is 24.0 Å². The summed E-state index contributed by atoms with van der Waals surface area (Å²) in [6.45, 7) is 4.52. The molecule has 4 heteroatoms. The molecule has 1 aromatic rings. The molecule has 0 aromatic heterocycles. The number of thioether (sulfide) groups is 1. The first kappa shape index (κ1) is 12.9. The lowest BCUT2D eigenvalue weighted by molar-refractivity contribution is -0.138. The molecule has 0 radical (unpaired) electrons. The quantitative estimate of drug-likeness (QED) is 0.633. The van der Waals surface area contributed by atoms with Crippen LogP contribution >= 0.6 is 11.8 Å². The average molecular weight is 239 g/mol. The fourth-order valence-electron chi connectivity index (χ4n) is 1.17. The van der Waals surface area contributed by atoms with E-state index in [2.05, 4.69) is 23.9 Å². The molecule has 1 N–H and O–H groups in total. The number of hydrogen-bond donors (Lipinski definition) is 1. The van der Waals surface area contributed by atoms with Gasteiger partial charge < -0.3 is 10.1 Å². The molecule has 0 heterocycles.